The van der Waals surface area contributed by atoms with Crippen molar-refractivity contribution in [2.45, 2.75) is 25.9 Å². The van der Waals surface area contributed by atoms with Crippen molar-refractivity contribution in [1.29, 1.82) is 0 Å². The third-order valence-corrected chi connectivity index (χ3v) is 2.50. The van der Waals surface area contributed by atoms with Crippen molar-refractivity contribution in [3.63, 3.8) is 0 Å². The molecule has 88 valence electrons. The van der Waals surface area contributed by atoms with Crippen molar-refractivity contribution in [3.05, 3.63) is 0 Å². The smallest absolute Gasteiger partial charge is 0.246 e. The van der Waals surface area contributed by atoms with E-state index in [2.05, 4.69) is 17.9 Å². The van der Waals surface area contributed by atoms with Crippen molar-refractivity contribution in [1.82, 2.24) is 10.2 Å². The minimum absolute atomic E-state index is 0.110. The number of aliphatic hydroxyl groups excluding tert-OH is 1. The van der Waals surface area contributed by atoms with Crippen LogP contribution in [0.2, 0.25) is 0 Å². The Morgan fingerprint density at radius 3 is 2.40 bits per heavy atom. The molecule has 0 aliphatic carbocycles. The van der Waals surface area contributed by atoms with Gasteiger partial charge in [0.25, 0.3) is 0 Å². The number of aliphatic hydroxyl groups is 1. The first kappa shape index (κ1) is 14.2. The molecule has 0 aliphatic rings. The summed E-state index contributed by atoms with van der Waals surface area (Å²) in [4.78, 5) is 24.0. The van der Waals surface area contributed by atoms with E-state index >= 15 is 0 Å². The van der Waals surface area contributed by atoms with E-state index in [-0.39, 0.29) is 30.2 Å². The molecule has 0 heterocycles. The topological polar surface area (TPSA) is 69.6 Å². The number of amides is 2. The molecular formula is C9H18N2O3S. The highest BCUT2D eigenvalue weighted by atomic mass is 32.1. The van der Waals surface area contributed by atoms with Gasteiger partial charge in [0.05, 0.1) is 12.6 Å². The minimum atomic E-state index is -0.634. The SMILES string of the molecule is CC(=O)NC(CS)C(=O)N(C)C(C)CO. The number of hydrogen-bond acceptors (Lipinski definition) is 4. The largest absolute Gasteiger partial charge is 0.394 e. The van der Waals surface area contributed by atoms with E-state index < -0.39 is 6.04 Å². The van der Waals surface area contributed by atoms with E-state index in [4.69, 9.17) is 5.11 Å². The standard InChI is InChI=1S/C9H18N2O3S/c1-6(4-12)11(3)9(14)8(5-15)10-7(2)13/h6,8,12,15H,4-5H2,1-3H3,(H,10,13). The first-order valence-corrected chi connectivity index (χ1v) is 5.32. The summed E-state index contributed by atoms with van der Waals surface area (Å²) in [5, 5.41) is 11.4. The van der Waals surface area contributed by atoms with Crippen LogP contribution in [0.25, 0.3) is 0 Å². The van der Waals surface area contributed by atoms with Gasteiger partial charge in [-0.25, -0.2) is 0 Å². The maximum Gasteiger partial charge on any atom is 0.246 e. The molecule has 0 aliphatic heterocycles. The predicted molar refractivity (Wildman–Crippen MR) is 60.8 cm³/mol. The molecule has 0 saturated carbocycles. The second-order valence-corrected chi connectivity index (χ2v) is 3.78. The van der Waals surface area contributed by atoms with Gasteiger partial charge in [0.1, 0.15) is 6.04 Å². The number of likely N-dealkylation sites (N-methyl/N-ethyl adjacent to an activating group) is 1. The van der Waals surface area contributed by atoms with Gasteiger partial charge in [-0.05, 0) is 6.92 Å². The summed E-state index contributed by atoms with van der Waals surface area (Å²) in [6.45, 7) is 2.96. The zero-order valence-corrected chi connectivity index (χ0v) is 10.1. The third-order valence-electron chi connectivity index (χ3n) is 2.13. The average Bonchev–Trinajstić information content (AvgIpc) is 2.22. The Balaban J connectivity index is 4.43. The number of carbonyl (C=O) groups excluding carboxylic acids is 2. The van der Waals surface area contributed by atoms with E-state index in [1.165, 1.54) is 11.8 Å². The van der Waals surface area contributed by atoms with Crippen LogP contribution in [0.3, 0.4) is 0 Å². The lowest BCUT2D eigenvalue weighted by Gasteiger charge is -2.27. The molecule has 0 rings (SSSR count). The molecule has 15 heavy (non-hydrogen) atoms. The van der Waals surface area contributed by atoms with Crippen molar-refractivity contribution in [3.8, 4) is 0 Å². The summed E-state index contributed by atoms with van der Waals surface area (Å²) >= 11 is 4.00. The van der Waals surface area contributed by atoms with E-state index in [1.807, 2.05) is 0 Å². The molecule has 2 amide bonds. The Morgan fingerprint density at radius 2 is 2.07 bits per heavy atom. The predicted octanol–water partition coefficient (Wildman–Crippen LogP) is -0.740. The van der Waals surface area contributed by atoms with Crippen LogP contribution in [-0.4, -0.2) is 53.3 Å². The second-order valence-electron chi connectivity index (χ2n) is 3.42. The third kappa shape index (κ3) is 4.53. The molecule has 0 aromatic heterocycles. The van der Waals surface area contributed by atoms with Crippen molar-refractivity contribution >= 4 is 24.4 Å². The van der Waals surface area contributed by atoms with Crippen LogP contribution in [-0.2, 0) is 9.59 Å². The van der Waals surface area contributed by atoms with Gasteiger partial charge in [0, 0.05) is 19.7 Å². The summed E-state index contributed by atoms with van der Waals surface area (Å²) in [6, 6.07) is -0.904. The van der Waals surface area contributed by atoms with Gasteiger partial charge in [-0.15, -0.1) is 0 Å². The van der Waals surface area contributed by atoms with Crippen LogP contribution in [0.15, 0.2) is 0 Å². The van der Waals surface area contributed by atoms with Crippen LogP contribution in [0.5, 0.6) is 0 Å². The fourth-order valence-corrected chi connectivity index (χ4v) is 1.26. The number of rotatable bonds is 5. The lowest BCUT2D eigenvalue weighted by atomic mass is 10.2. The first-order valence-electron chi connectivity index (χ1n) is 4.69. The molecule has 2 unspecified atom stereocenters. The quantitative estimate of drug-likeness (QED) is 0.549. The van der Waals surface area contributed by atoms with Gasteiger partial charge in [-0.2, -0.15) is 12.6 Å². The van der Waals surface area contributed by atoms with Crippen molar-refractivity contribution in [2.24, 2.45) is 0 Å². The van der Waals surface area contributed by atoms with E-state index in [0.29, 0.717) is 0 Å². The molecule has 2 atom stereocenters. The molecule has 0 aromatic rings. The Bertz CT molecular complexity index is 235. The molecular weight excluding hydrogens is 216 g/mol. The first-order chi connectivity index (χ1) is 6.93. The summed E-state index contributed by atoms with van der Waals surface area (Å²) in [5.41, 5.74) is 0. The Morgan fingerprint density at radius 1 is 1.53 bits per heavy atom. The molecule has 0 radical (unpaired) electrons. The van der Waals surface area contributed by atoms with Crippen molar-refractivity contribution < 1.29 is 14.7 Å². The van der Waals surface area contributed by atoms with Crippen molar-refractivity contribution in [2.75, 3.05) is 19.4 Å². The molecule has 0 saturated heterocycles. The Kier molecular flexibility index (Phi) is 6.35. The summed E-state index contributed by atoms with van der Waals surface area (Å²) < 4.78 is 0. The highest BCUT2D eigenvalue weighted by Gasteiger charge is 2.24. The lowest BCUT2D eigenvalue weighted by molar-refractivity contribution is -0.136. The summed E-state index contributed by atoms with van der Waals surface area (Å²) in [6.07, 6.45) is 0. The molecule has 5 nitrogen and oxygen atoms in total. The lowest BCUT2D eigenvalue weighted by Crippen LogP contribution is -2.51. The normalized spacial score (nSPS) is 14.2. The zero-order valence-electron chi connectivity index (χ0n) is 9.23. The van der Waals surface area contributed by atoms with E-state index in [1.54, 1.807) is 14.0 Å². The molecule has 6 heteroatoms. The summed E-state index contributed by atoms with van der Waals surface area (Å²) in [7, 11) is 1.58. The molecule has 0 spiro atoms. The molecule has 0 bridgehead atoms. The zero-order chi connectivity index (χ0) is 12.0. The number of thiol groups is 1. The van der Waals surface area contributed by atoms with E-state index in [0.717, 1.165) is 0 Å². The van der Waals surface area contributed by atoms with Crippen LogP contribution < -0.4 is 5.32 Å². The monoisotopic (exact) mass is 234 g/mol. The second kappa shape index (κ2) is 6.68. The molecule has 0 fully saturated rings. The van der Waals surface area contributed by atoms with Crippen LogP contribution in [0.4, 0.5) is 0 Å². The van der Waals surface area contributed by atoms with Crippen LogP contribution in [0.1, 0.15) is 13.8 Å². The fraction of sp³-hybridized carbons (Fsp3) is 0.778. The van der Waals surface area contributed by atoms with Gasteiger partial charge in [0.15, 0.2) is 0 Å². The number of nitrogens with one attached hydrogen (secondary N) is 1. The number of nitrogens with zero attached hydrogens (tertiary/aromatic N) is 1. The highest BCUT2D eigenvalue weighted by Crippen LogP contribution is 2.00. The van der Waals surface area contributed by atoms with Gasteiger partial charge >= 0.3 is 0 Å². The maximum absolute atomic E-state index is 11.8. The Hall–Kier alpha value is -0.750. The van der Waals surface area contributed by atoms with Crippen LogP contribution >= 0.6 is 12.6 Å². The number of hydrogen-bond donors (Lipinski definition) is 3. The van der Waals surface area contributed by atoms with Gasteiger partial charge < -0.3 is 15.3 Å². The number of carbonyl (C=O) groups is 2. The van der Waals surface area contributed by atoms with Gasteiger partial charge in [-0.1, -0.05) is 0 Å². The van der Waals surface area contributed by atoms with Gasteiger partial charge in [0.2, 0.25) is 11.8 Å². The highest BCUT2D eigenvalue weighted by molar-refractivity contribution is 7.80. The Labute approximate surface area is 95.2 Å². The summed E-state index contributed by atoms with van der Waals surface area (Å²) in [5.74, 6) is -0.282. The maximum atomic E-state index is 11.8. The van der Waals surface area contributed by atoms with Crippen LogP contribution in [0, 0.1) is 0 Å². The molecule has 2 N–H and O–H groups in total. The minimum Gasteiger partial charge on any atom is -0.394 e. The van der Waals surface area contributed by atoms with Gasteiger partial charge in [-0.3, -0.25) is 9.59 Å². The molecule has 0 aromatic carbocycles. The fourth-order valence-electron chi connectivity index (χ4n) is 1.02. The van der Waals surface area contributed by atoms with E-state index in [9.17, 15) is 9.59 Å². The average molecular weight is 234 g/mol.